The van der Waals surface area contributed by atoms with Gasteiger partial charge >= 0.3 is 0 Å². The molecule has 3 rings (SSSR count). The van der Waals surface area contributed by atoms with E-state index >= 15 is 0 Å². The van der Waals surface area contributed by atoms with E-state index in [9.17, 15) is 4.79 Å². The fourth-order valence-corrected chi connectivity index (χ4v) is 2.86. The highest BCUT2D eigenvalue weighted by Crippen LogP contribution is 2.40. The maximum Gasteiger partial charge on any atom is 0.259 e. The van der Waals surface area contributed by atoms with Crippen molar-refractivity contribution in [2.75, 3.05) is 38.5 Å². The Labute approximate surface area is 140 Å². The molecule has 24 heavy (non-hydrogen) atoms. The van der Waals surface area contributed by atoms with Crippen molar-refractivity contribution in [2.24, 2.45) is 0 Å². The van der Waals surface area contributed by atoms with E-state index in [4.69, 9.17) is 14.2 Å². The second-order valence-corrected chi connectivity index (χ2v) is 5.38. The van der Waals surface area contributed by atoms with E-state index in [2.05, 4.69) is 10.6 Å². The summed E-state index contributed by atoms with van der Waals surface area (Å²) in [7, 11) is 4.54. The summed E-state index contributed by atoms with van der Waals surface area (Å²) in [5, 5.41) is 6.20. The van der Waals surface area contributed by atoms with E-state index in [0.29, 0.717) is 22.8 Å². The van der Waals surface area contributed by atoms with Gasteiger partial charge in [-0.1, -0.05) is 0 Å². The number of methoxy groups -OCH3 is 3. The van der Waals surface area contributed by atoms with Crippen LogP contribution in [0.4, 0.5) is 11.4 Å². The molecular weight excluding hydrogens is 308 g/mol. The van der Waals surface area contributed by atoms with E-state index in [1.165, 1.54) is 26.9 Å². The number of hydrogen-bond donors (Lipinski definition) is 2. The Morgan fingerprint density at radius 1 is 1.04 bits per heavy atom. The first-order valence-electron chi connectivity index (χ1n) is 7.65. The van der Waals surface area contributed by atoms with Crippen LogP contribution < -0.4 is 24.8 Å². The van der Waals surface area contributed by atoms with Crippen LogP contribution in [0, 0.1) is 0 Å². The van der Waals surface area contributed by atoms with Gasteiger partial charge in [-0.25, -0.2) is 0 Å². The van der Waals surface area contributed by atoms with Gasteiger partial charge in [-0.2, -0.15) is 0 Å². The van der Waals surface area contributed by atoms with Crippen molar-refractivity contribution < 1.29 is 19.0 Å². The third-order valence-electron chi connectivity index (χ3n) is 4.02. The topological polar surface area (TPSA) is 68.8 Å². The van der Waals surface area contributed by atoms with Crippen LogP contribution in [-0.2, 0) is 6.42 Å². The van der Waals surface area contributed by atoms with E-state index in [1.54, 1.807) is 12.1 Å². The first-order chi connectivity index (χ1) is 11.7. The fourth-order valence-electron chi connectivity index (χ4n) is 2.86. The minimum atomic E-state index is -0.265. The summed E-state index contributed by atoms with van der Waals surface area (Å²) in [6.07, 6.45) is 0.957. The molecule has 0 saturated carbocycles. The molecule has 2 aromatic carbocycles. The van der Waals surface area contributed by atoms with Crippen LogP contribution in [-0.4, -0.2) is 33.8 Å². The predicted octanol–water partition coefficient (Wildman–Crippen LogP) is 2.93. The molecule has 0 unspecified atom stereocenters. The molecule has 0 aromatic heterocycles. The maximum absolute atomic E-state index is 12.7. The zero-order chi connectivity index (χ0) is 17.1. The van der Waals surface area contributed by atoms with Crippen molar-refractivity contribution in [2.45, 2.75) is 6.42 Å². The monoisotopic (exact) mass is 328 g/mol. The average molecular weight is 328 g/mol. The summed E-state index contributed by atoms with van der Waals surface area (Å²) in [6, 6.07) is 9.18. The molecule has 0 bridgehead atoms. The number of rotatable bonds is 5. The van der Waals surface area contributed by atoms with Gasteiger partial charge in [0.15, 0.2) is 11.5 Å². The summed E-state index contributed by atoms with van der Waals surface area (Å²) in [5.41, 5.74) is 3.46. The summed E-state index contributed by atoms with van der Waals surface area (Å²) < 4.78 is 15.9. The fraction of sp³-hybridized carbons (Fsp3) is 0.278. The Bertz CT molecular complexity index is 774. The third-order valence-corrected chi connectivity index (χ3v) is 4.02. The molecule has 0 aliphatic carbocycles. The Morgan fingerprint density at radius 2 is 1.83 bits per heavy atom. The molecule has 1 amide bonds. The SMILES string of the molecule is COc1ccc(C(=O)Nc2ccc3c(c2)CCN3)c(OC)c1OC. The summed E-state index contributed by atoms with van der Waals surface area (Å²) in [6.45, 7) is 0.927. The molecule has 0 radical (unpaired) electrons. The first-order valence-corrected chi connectivity index (χ1v) is 7.65. The minimum Gasteiger partial charge on any atom is -0.493 e. The first kappa shape index (κ1) is 16.0. The van der Waals surface area contributed by atoms with Crippen molar-refractivity contribution in [1.82, 2.24) is 0 Å². The highest BCUT2D eigenvalue weighted by Gasteiger charge is 2.21. The van der Waals surface area contributed by atoms with Gasteiger partial charge in [0.05, 0.1) is 26.9 Å². The van der Waals surface area contributed by atoms with Crippen molar-refractivity contribution in [3.8, 4) is 17.2 Å². The molecule has 0 fully saturated rings. The number of carbonyl (C=O) groups is 1. The van der Waals surface area contributed by atoms with Gasteiger partial charge in [0.25, 0.3) is 5.91 Å². The number of ether oxygens (including phenoxy) is 3. The van der Waals surface area contributed by atoms with Crippen molar-refractivity contribution in [3.63, 3.8) is 0 Å². The highest BCUT2D eigenvalue weighted by atomic mass is 16.5. The summed E-state index contributed by atoms with van der Waals surface area (Å²) in [5.74, 6) is 0.983. The summed E-state index contributed by atoms with van der Waals surface area (Å²) in [4.78, 5) is 12.7. The molecule has 126 valence electrons. The predicted molar refractivity (Wildman–Crippen MR) is 92.7 cm³/mol. The molecule has 1 heterocycles. The normalized spacial score (nSPS) is 12.1. The number of nitrogens with one attached hydrogen (secondary N) is 2. The van der Waals surface area contributed by atoms with Crippen LogP contribution >= 0.6 is 0 Å². The van der Waals surface area contributed by atoms with Gasteiger partial charge in [-0.15, -0.1) is 0 Å². The van der Waals surface area contributed by atoms with E-state index in [1.807, 2.05) is 18.2 Å². The second-order valence-electron chi connectivity index (χ2n) is 5.38. The van der Waals surface area contributed by atoms with Crippen molar-refractivity contribution >= 4 is 17.3 Å². The van der Waals surface area contributed by atoms with Crippen LogP contribution in [0.3, 0.4) is 0 Å². The molecule has 1 aliphatic rings. The second kappa shape index (κ2) is 6.70. The van der Waals surface area contributed by atoms with E-state index < -0.39 is 0 Å². The lowest BCUT2D eigenvalue weighted by Crippen LogP contribution is -2.14. The van der Waals surface area contributed by atoms with Gasteiger partial charge < -0.3 is 24.8 Å². The number of benzene rings is 2. The zero-order valence-corrected chi connectivity index (χ0v) is 13.9. The van der Waals surface area contributed by atoms with Crippen LogP contribution in [0.2, 0.25) is 0 Å². The lowest BCUT2D eigenvalue weighted by Gasteiger charge is -2.15. The van der Waals surface area contributed by atoms with E-state index in [0.717, 1.165) is 24.3 Å². The number of fused-ring (bicyclic) bond motifs is 1. The van der Waals surface area contributed by atoms with Crippen molar-refractivity contribution in [3.05, 3.63) is 41.5 Å². The van der Waals surface area contributed by atoms with Gasteiger partial charge in [0.2, 0.25) is 5.75 Å². The molecule has 0 atom stereocenters. The highest BCUT2D eigenvalue weighted by molar-refractivity contribution is 6.07. The Hall–Kier alpha value is -2.89. The largest absolute Gasteiger partial charge is 0.493 e. The molecule has 0 spiro atoms. The Kier molecular flexibility index (Phi) is 4.46. The maximum atomic E-state index is 12.7. The van der Waals surface area contributed by atoms with E-state index in [-0.39, 0.29) is 5.91 Å². The number of anilines is 2. The molecule has 2 aromatic rings. The Balaban J connectivity index is 1.90. The van der Waals surface area contributed by atoms with Crippen LogP contribution in [0.1, 0.15) is 15.9 Å². The average Bonchev–Trinajstić information content (AvgIpc) is 3.07. The van der Waals surface area contributed by atoms with Gasteiger partial charge in [0.1, 0.15) is 0 Å². The van der Waals surface area contributed by atoms with Gasteiger partial charge in [0, 0.05) is 17.9 Å². The molecule has 6 heteroatoms. The number of carbonyl (C=O) groups excluding carboxylic acids is 1. The van der Waals surface area contributed by atoms with Crippen LogP contribution in [0.5, 0.6) is 17.2 Å². The number of hydrogen-bond acceptors (Lipinski definition) is 5. The van der Waals surface area contributed by atoms with Gasteiger partial charge in [-0.3, -0.25) is 4.79 Å². The van der Waals surface area contributed by atoms with Crippen molar-refractivity contribution in [1.29, 1.82) is 0 Å². The Morgan fingerprint density at radius 3 is 2.54 bits per heavy atom. The molecule has 1 aliphatic heterocycles. The molecule has 0 saturated heterocycles. The zero-order valence-electron chi connectivity index (χ0n) is 13.9. The van der Waals surface area contributed by atoms with Gasteiger partial charge in [-0.05, 0) is 42.3 Å². The smallest absolute Gasteiger partial charge is 0.259 e. The van der Waals surface area contributed by atoms with Crippen LogP contribution in [0.15, 0.2) is 30.3 Å². The molecule has 6 nitrogen and oxygen atoms in total. The molecule has 2 N–H and O–H groups in total. The summed E-state index contributed by atoms with van der Waals surface area (Å²) >= 11 is 0. The third kappa shape index (κ3) is 2.82. The number of amides is 1. The standard InChI is InChI=1S/C18H20N2O4/c1-22-15-7-5-13(16(23-2)17(15)24-3)18(21)20-12-4-6-14-11(10-12)8-9-19-14/h4-7,10,19H,8-9H2,1-3H3,(H,20,21). The molecular formula is C18H20N2O4. The lowest BCUT2D eigenvalue weighted by atomic mass is 10.1. The minimum absolute atomic E-state index is 0.265. The quantitative estimate of drug-likeness (QED) is 0.883. The lowest BCUT2D eigenvalue weighted by molar-refractivity contribution is 0.102. The van der Waals surface area contributed by atoms with Crippen LogP contribution in [0.25, 0.3) is 0 Å².